The average molecular weight is 353 g/mol. The molecule has 2 aromatic carbocycles. The zero-order valence-electron chi connectivity index (χ0n) is 14.9. The molecule has 0 aliphatic heterocycles. The summed E-state index contributed by atoms with van der Waals surface area (Å²) in [6.07, 6.45) is 0. The normalized spacial score (nSPS) is 12.6. The molecule has 134 valence electrons. The molecule has 0 bridgehead atoms. The van der Waals surface area contributed by atoms with Crippen molar-refractivity contribution in [1.82, 2.24) is 15.5 Å². The highest BCUT2D eigenvalue weighted by molar-refractivity contribution is 5.82. The Morgan fingerprint density at radius 3 is 2.31 bits per heavy atom. The van der Waals surface area contributed by atoms with Gasteiger partial charge in [0.25, 0.3) is 0 Å². The second-order valence-electron chi connectivity index (χ2n) is 7.02. The number of hydrogen-bond acceptors (Lipinski definition) is 4. The quantitative estimate of drug-likeness (QED) is 0.766. The summed E-state index contributed by atoms with van der Waals surface area (Å²) >= 11 is 0. The van der Waals surface area contributed by atoms with E-state index in [-0.39, 0.29) is 17.6 Å². The number of halogens is 1. The van der Waals surface area contributed by atoms with E-state index in [1.807, 2.05) is 51.1 Å². The van der Waals surface area contributed by atoms with Gasteiger partial charge < -0.3 is 9.73 Å². The topological polar surface area (TPSA) is 68.0 Å². The zero-order valence-corrected chi connectivity index (χ0v) is 14.9. The fraction of sp³-hybridized carbons (Fsp3) is 0.250. The number of carbonyl (C=O) groups excluding carboxylic acids is 1. The van der Waals surface area contributed by atoms with Crippen LogP contribution in [0.5, 0.6) is 0 Å². The maximum Gasteiger partial charge on any atom is 0.247 e. The second-order valence-corrected chi connectivity index (χ2v) is 7.02. The van der Waals surface area contributed by atoms with Gasteiger partial charge in [0.2, 0.25) is 17.7 Å². The molecule has 0 saturated heterocycles. The summed E-state index contributed by atoms with van der Waals surface area (Å²) in [5.74, 6) is 0.0715. The Labute approximate surface area is 151 Å². The highest BCUT2D eigenvalue weighted by Crippen LogP contribution is 2.26. The van der Waals surface area contributed by atoms with Gasteiger partial charge in [-0.3, -0.25) is 4.79 Å². The molecule has 0 fully saturated rings. The Kier molecular flexibility index (Phi) is 4.84. The van der Waals surface area contributed by atoms with Gasteiger partial charge in [-0.05, 0) is 29.8 Å². The summed E-state index contributed by atoms with van der Waals surface area (Å²) < 4.78 is 19.1. The molecular formula is C20H20FN3O2. The van der Waals surface area contributed by atoms with Gasteiger partial charge in [0.15, 0.2) is 0 Å². The minimum atomic E-state index is -0.660. The van der Waals surface area contributed by atoms with Gasteiger partial charge in [-0.1, -0.05) is 51.1 Å². The highest BCUT2D eigenvalue weighted by Gasteiger charge is 2.29. The van der Waals surface area contributed by atoms with Crippen molar-refractivity contribution in [1.29, 1.82) is 0 Å². The molecule has 0 unspecified atom stereocenters. The van der Waals surface area contributed by atoms with E-state index in [9.17, 15) is 9.18 Å². The molecular weight excluding hydrogens is 333 g/mol. The summed E-state index contributed by atoms with van der Waals surface area (Å²) in [4.78, 5) is 12.5. The first-order valence-corrected chi connectivity index (χ1v) is 8.30. The third kappa shape index (κ3) is 3.96. The van der Waals surface area contributed by atoms with Crippen LogP contribution in [0.25, 0.3) is 11.5 Å². The lowest BCUT2D eigenvalue weighted by molar-refractivity contribution is -0.129. The van der Waals surface area contributed by atoms with Crippen molar-refractivity contribution in [2.75, 3.05) is 0 Å². The average Bonchev–Trinajstić information content (AvgIpc) is 3.10. The van der Waals surface area contributed by atoms with Gasteiger partial charge in [0.1, 0.15) is 11.9 Å². The van der Waals surface area contributed by atoms with Crippen LogP contribution in [0.2, 0.25) is 0 Å². The number of nitrogens with zero attached hydrogens (tertiary/aromatic N) is 2. The van der Waals surface area contributed by atoms with Crippen LogP contribution in [0.15, 0.2) is 59.0 Å². The number of nitrogens with one attached hydrogen (secondary N) is 1. The van der Waals surface area contributed by atoms with Crippen LogP contribution in [0.3, 0.4) is 0 Å². The third-order valence-corrected chi connectivity index (χ3v) is 3.87. The Hall–Kier alpha value is -3.02. The Bertz CT molecular complexity index is 883. The molecule has 1 N–H and O–H groups in total. The minimum absolute atomic E-state index is 0.175. The monoisotopic (exact) mass is 353 g/mol. The van der Waals surface area contributed by atoms with E-state index in [0.29, 0.717) is 11.5 Å². The van der Waals surface area contributed by atoms with Crippen LogP contribution in [0, 0.1) is 11.2 Å². The second kappa shape index (κ2) is 7.07. The standard InChI is InChI=1S/C20H20FN3O2/c1-20(2,3)19(25)22-16(13-9-11-15(21)12-10-13)18-24-23-17(26-18)14-7-5-4-6-8-14/h4-12,16H,1-3H3,(H,22,25)/t16-/m1/s1. The van der Waals surface area contributed by atoms with E-state index in [1.54, 1.807) is 12.1 Å². The molecule has 3 aromatic rings. The van der Waals surface area contributed by atoms with E-state index >= 15 is 0 Å². The number of amides is 1. The van der Waals surface area contributed by atoms with Gasteiger partial charge in [-0.25, -0.2) is 4.39 Å². The van der Waals surface area contributed by atoms with Crippen LogP contribution in [0.1, 0.15) is 38.3 Å². The number of rotatable bonds is 4. The molecule has 5 nitrogen and oxygen atoms in total. The SMILES string of the molecule is CC(C)(C)C(=O)N[C@H](c1ccc(F)cc1)c1nnc(-c2ccccc2)o1. The Balaban J connectivity index is 1.97. The number of hydrogen-bond donors (Lipinski definition) is 1. The molecule has 0 aliphatic rings. The number of carbonyl (C=O) groups is 1. The van der Waals surface area contributed by atoms with Crippen molar-refractivity contribution >= 4 is 5.91 Å². The smallest absolute Gasteiger partial charge is 0.247 e. The molecule has 0 saturated carbocycles. The number of aromatic nitrogens is 2. The van der Waals surface area contributed by atoms with Crippen molar-refractivity contribution in [2.45, 2.75) is 26.8 Å². The summed E-state index contributed by atoms with van der Waals surface area (Å²) in [6.45, 7) is 5.44. The van der Waals surface area contributed by atoms with Crippen LogP contribution in [0.4, 0.5) is 4.39 Å². The number of benzene rings is 2. The van der Waals surface area contributed by atoms with E-state index in [4.69, 9.17) is 4.42 Å². The molecule has 0 spiro atoms. The summed E-state index contributed by atoms with van der Waals surface area (Å²) in [5.41, 5.74) is 0.846. The van der Waals surface area contributed by atoms with Crippen LogP contribution in [-0.4, -0.2) is 16.1 Å². The summed E-state index contributed by atoms with van der Waals surface area (Å²) in [5, 5.41) is 11.1. The van der Waals surface area contributed by atoms with Crippen LogP contribution < -0.4 is 5.32 Å². The van der Waals surface area contributed by atoms with Crippen molar-refractivity contribution in [3.63, 3.8) is 0 Å². The van der Waals surface area contributed by atoms with E-state index in [2.05, 4.69) is 15.5 Å². The fourth-order valence-electron chi connectivity index (χ4n) is 2.34. The third-order valence-electron chi connectivity index (χ3n) is 3.87. The Morgan fingerprint density at radius 1 is 1.04 bits per heavy atom. The molecule has 1 atom stereocenters. The van der Waals surface area contributed by atoms with Crippen molar-refractivity contribution in [3.8, 4) is 11.5 Å². The largest absolute Gasteiger partial charge is 0.418 e. The fourth-order valence-corrected chi connectivity index (χ4v) is 2.34. The molecule has 26 heavy (non-hydrogen) atoms. The Morgan fingerprint density at radius 2 is 1.69 bits per heavy atom. The van der Waals surface area contributed by atoms with E-state index in [0.717, 1.165) is 5.56 Å². The molecule has 1 amide bonds. The van der Waals surface area contributed by atoms with Crippen molar-refractivity contribution in [3.05, 3.63) is 71.9 Å². The molecule has 0 aliphatic carbocycles. The first-order chi connectivity index (χ1) is 12.3. The van der Waals surface area contributed by atoms with Gasteiger partial charge in [0, 0.05) is 11.0 Å². The van der Waals surface area contributed by atoms with Crippen LogP contribution >= 0.6 is 0 Å². The van der Waals surface area contributed by atoms with Crippen LogP contribution in [-0.2, 0) is 4.79 Å². The molecule has 1 aromatic heterocycles. The first kappa shape index (κ1) is 17.8. The minimum Gasteiger partial charge on any atom is -0.418 e. The molecule has 3 rings (SSSR count). The zero-order chi connectivity index (χ0) is 18.7. The van der Waals surface area contributed by atoms with E-state index in [1.165, 1.54) is 12.1 Å². The van der Waals surface area contributed by atoms with E-state index < -0.39 is 11.5 Å². The molecule has 1 heterocycles. The first-order valence-electron chi connectivity index (χ1n) is 8.30. The maximum atomic E-state index is 13.3. The van der Waals surface area contributed by atoms with Gasteiger partial charge >= 0.3 is 0 Å². The summed E-state index contributed by atoms with van der Waals surface area (Å²) in [6, 6.07) is 14.6. The highest BCUT2D eigenvalue weighted by atomic mass is 19.1. The molecule has 6 heteroatoms. The molecule has 0 radical (unpaired) electrons. The lowest BCUT2D eigenvalue weighted by Crippen LogP contribution is -2.38. The lowest BCUT2D eigenvalue weighted by atomic mass is 9.94. The van der Waals surface area contributed by atoms with Gasteiger partial charge in [0.05, 0.1) is 0 Å². The lowest BCUT2D eigenvalue weighted by Gasteiger charge is -2.22. The van der Waals surface area contributed by atoms with Gasteiger partial charge in [-0.2, -0.15) is 0 Å². The predicted octanol–water partition coefficient (Wildman–Crippen LogP) is 4.13. The van der Waals surface area contributed by atoms with Crippen molar-refractivity contribution in [2.24, 2.45) is 5.41 Å². The van der Waals surface area contributed by atoms with Crippen molar-refractivity contribution < 1.29 is 13.6 Å². The summed E-state index contributed by atoms with van der Waals surface area (Å²) in [7, 11) is 0. The maximum absolute atomic E-state index is 13.3. The van der Waals surface area contributed by atoms with Gasteiger partial charge in [-0.15, -0.1) is 10.2 Å². The predicted molar refractivity (Wildman–Crippen MR) is 95.6 cm³/mol.